The first kappa shape index (κ1) is 15.1. The number of ether oxygens (including phenoxy) is 1. The lowest BCUT2D eigenvalue weighted by Gasteiger charge is -2.20. The second-order valence-electron chi connectivity index (χ2n) is 4.47. The molecule has 0 aliphatic heterocycles. The van der Waals surface area contributed by atoms with Gasteiger partial charge >= 0.3 is 5.97 Å². The van der Waals surface area contributed by atoms with Crippen molar-refractivity contribution in [1.82, 2.24) is 0 Å². The molecule has 1 rings (SSSR count). The summed E-state index contributed by atoms with van der Waals surface area (Å²) in [6.07, 6.45) is 3.92. The van der Waals surface area contributed by atoms with E-state index in [-0.39, 0.29) is 23.2 Å². The standard InChI is InChI=1S/C12H18BrNO4/c1-3-17-11(16)10(9(15)8-13)14-18-12(2)6-4-5-7-12/h3-8H2,1-2H3/b14-10-. The SMILES string of the molecule is CCOC(=O)/C(=N\OC1(C)CCCC1)C(=O)CBr. The Morgan fingerprint density at radius 1 is 1.33 bits per heavy atom. The number of esters is 1. The van der Waals surface area contributed by atoms with E-state index in [4.69, 9.17) is 9.57 Å². The zero-order valence-electron chi connectivity index (χ0n) is 10.7. The quantitative estimate of drug-likeness (QED) is 0.247. The highest BCUT2D eigenvalue weighted by molar-refractivity contribution is 9.09. The van der Waals surface area contributed by atoms with Crippen LogP contribution in [0.2, 0.25) is 0 Å². The molecule has 0 bridgehead atoms. The monoisotopic (exact) mass is 319 g/mol. The molecule has 1 aliphatic carbocycles. The van der Waals surface area contributed by atoms with Gasteiger partial charge in [-0.15, -0.1) is 0 Å². The van der Waals surface area contributed by atoms with Gasteiger partial charge in [0.15, 0.2) is 0 Å². The second kappa shape index (κ2) is 6.87. The van der Waals surface area contributed by atoms with Gasteiger partial charge in [-0.1, -0.05) is 21.1 Å². The number of hydrogen-bond acceptors (Lipinski definition) is 5. The molecule has 0 saturated heterocycles. The van der Waals surface area contributed by atoms with E-state index in [0.29, 0.717) is 0 Å². The molecule has 5 nitrogen and oxygen atoms in total. The van der Waals surface area contributed by atoms with Gasteiger partial charge in [0.2, 0.25) is 11.5 Å². The Morgan fingerprint density at radius 3 is 2.44 bits per heavy atom. The van der Waals surface area contributed by atoms with Crippen molar-refractivity contribution in [3.05, 3.63) is 0 Å². The maximum Gasteiger partial charge on any atom is 0.364 e. The molecule has 0 unspecified atom stereocenters. The van der Waals surface area contributed by atoms with Crippen molar-refractivity contribution >= 4 is 33.4 Å². The molecular weight excluding hydrogens is 302 g/mol. The number of nitrogens with zero attached hydrogens (tertiary/aromatic N) is 1. The molecule has 0 spiro atoms. The summed E-state index contributed by atoms with van der Waals surface area (Å²) in [5, 5.41) is 3.75. The first-order chi connectivity index (χ1) is 8.52. The minimum Gasteiger partial charge on any atom is -0.461 e. The van der Waals surface area contributed by atoms with Gasteiger partial charge in [0.1, 0.15) is 5.60 Å². The number of carbonyl (C=O) groups is 2. The first-order valence-corrected chi connectivity index (χ1v) is 7.17. The largest absolute Gasteiger partial charge is 0.461 e. The lowest BCUT2D eigenvalue weighted by atomic mass is 10.1. The Hall–Kier alpha value is -0.910. The molecule has 1 fully saturated rings. The van der Waals surface area contributed by atoms with E-state index < -0.39 is 11.8 Å². The van der Waals surface area contributed by atoms with Gasteiger partial charge in [-0.3, -0.25) is 4.79 Å². The van der Waals surface area contributed by atoms with E-state index in [0.717, 1.165) is 25.7 Å². The van der Waals surface area contributed by atoms with Gasteiger partial charge in [-0.05, 0) is 39.5 Å². The third-order valence-electron chi connectivity index (χ3n) is 2.87. The van der Waals surface area contributed by atoms with Crippen molar-refractivity contribution in [3.8, 4) is 0 Å². The second-order valence-corrected chi connectivity index (χ2v) is 5.03. The van der Waals surface area contributed by atoms with Gasteiger partial charge in [0.25, 0.3) is 0 Å². The topological polar surface area (TPSA) is 65.0 Å². The Kier molecular flexibility index (Phi) is 5.78. The Bertz CT molecular complexity index is 348. The van der Waals surface area contributed by atoms with Crippen LogP contribution in [0.3, 0.4) is 0 Å². The molecule has 1 aliphatic rings. The zero-order chi connectivity index (χ0) is 13.6. The predicted molar refractivity (Wildman–Crippen MR) is 70.8 cm³/mol. The number of oxime groups is 1. The summed E-state index contributed by atoms with van der Waals surface area (Å²) in [5.74, 6) is -1.17. The van der Waals surface area contributed by atoms with Gasteiger partial charge in [-0.25, -0.2) is 4.79 Å². The number of halogens is 1. The number of ketones is 1. The molecule has 0 radical (unpaired) electrons. The third kappa shape index (κ3) is 4.08. The van der Waals surface area contributed by atoms with Crippen molar-refractivity contribution in [1.29, 1.82) is 0 Å². The highest BCUT2D eigenvalue weighted by Crippen LogP contribution is 2.32. The van der Waals surface area contributed by atoms with Crippen molar-refractivity contribution < 1.29 is 19.2 Å². The molecule has 0 heterocycles. The Labute approximate surface area is 115 Å². The number of Topliss-reactive ketones (excluding diaryl/α,β-unsaturated/α-hetero) is 1. The van der Waals surface area contributed by atoms with E-state index in [1.54, 1.807) is 6.92 Å². The van der Waals surface area contributed by atoms with Gasteiger partial charge in [-0.2, -0.15) is 0 Å². The molecule has 0 aromatic carbocycles. The van der Waals surface area contributed by atoms with Crippen molar-refractivity contribution in [2.24, 2.45) is 5.16 Å². The smallest absolute Gasteiger partial charge is 0.364 e. The van der Waals surface area contributed by atoms with Crippen LogP contribution in [-0.4, -0.2) is 35.0 Å². The normalized spacial score (nSPS) is 18.5. The van der Waals surface area contributed by atoms with E-state index >= 15 is 0 Å². The van der Waals surface area contributed by atoms with E-state index in [2.05, 4.69) is 21.1 Å². The highest BCUT2D eigenvalue weighted by Gasteiger charge is 2.32. The van der Waals surface area contributed by atoms with Crippen molar-refractivity contribution in [2.45, 2.75) is 45.1 Å². The average molecular weight is 320 g/mol. The zero-order valence-corrected chi connectivity index (χ0v) is 12.3. The minimum absolute atomic E-state index is 0.0186. The fraction of sp³-hybridized carbons (Fsp3) is 0.750. The maximum atomic E-state index is 11.6. The van der Waals surface area contributed by atoms with Gasteiger partial charge in [0, 0.05) is 0 Å². The molecule has 0 atom stereocenters. The van der Waals surface area contributed by atoms with Gasteiger partial charge < -0.3 is 9.57 Å². The summed E-state index contributed by atoms with van der Waals surface area (Å²) >= 11 is 3.01. The molecule has 0 amide bonds. The van der Waals surface area contributed by atoms with E-state index in [9.17, 15) is 9.59 Å². The molecule has 102 valence electrons. The Balaban J connectivity index is 2.75. The van der Waals surface area contributed by atoms with Crippen LogP contribution in [0.1, 0.15) is 39.5 Å². The number of rotatable bonds is 6. The summed E-state index contributed by atoms with van der Waals surface area (Å²) in [4.78, 5) is 28.5. The summed E-state index contributed by atoms with van der Waals surface area (Å²) < 4.78 is 4.78. The third-order valence-corrected chi connectivity index (χ3v) is 3.38. The van der Waals surface area contributed by atoms with Crippen LogP contribution >= 0.6 is 15.9 Å². The number of hydrogen-bond donors (Lipinski definition) is 0. The van der Waals surface area contributed by atoms with Gasteiger partial charge in [0.05, 0.1) is 11.9 Å². The van der Waals surface area contributed by atoms with Crippen LogP contribution in [0.25, 0.3) is 0 Å². The molecule has 0 aromatic heterocycles. The van der Waals surface area contributed by atoms with Crippen molar-refractivity contribution in [2.75, 3.05) is 11.9 Å². The van der Waals surface area contributed by atoms with Crippen LogP contribution in [0.4, 0.5) is 0 Å². The molecule has 0 N–H and O–H groups in total. The number of carbonyl (C=O) groups excluding carboxylic acids is 2. The Morgan fingerprint density at radius 2 is 1.94 bits per heavy atom. The van der Waals surface area contributed by atoms with Crippen LogP contribution < -0.4 is 0 Å². The summed E-state index contributed by atoms with van der Waals surface area (Å²) in [7, 11) is 0. The summed E-state index contributed by atoms with van der Waals surface area (Å²) in [6.45, 7) is 3.81. The fourth-order valence-electron chi connectivity index (χ4n) is 1.83. The highest BCUT2D eigenvalue weighted by atomic mass is 79.9. The van der Waals surface area contributed by atoms with Crippen LogP contribution in [-0.2, 0) is 19.2 Å². The van der Waals surface area contributed by atoms with Crippen LogP contribution in [0, 0.1) is 0 Å². The minimum atomic E-state index is -0.733. The van der Waals surface area contributed by atoms with E-state index in [1.807, 2.05) is 6.92 Å². The molecule has 18 heavy (non-hydrogen) atoms. The summed E-state index contributed by atoms with van der Waals surface area (Å²) in [6, 6.07) is 0. The average Bonchev–Trinajstić information content (AvgIpc) is 2.76. The molecule has 0 aromatic rings. The number of alkyl halides is 1. The fourth-order valence-corrected chi connectivity index (χ4v) is 2.10. The molecular formula is C12H18BrNO4. The lowest BCUT2D eigenvalue weighted by molar-refractivity contribution is -0.136. The maximum absolute atomic E-state index is 11.6. The summed E-state index contributed by atoms with van der Waals surface area (Å²) in [5.41, 5.74) is -0.647. The molecule has 6 heteroatoms. The van der Waals surface area contributed by atoms with Crippen molar-refractivity contribution in [3.63, 3.8) is 0 Å². The predicted octanol–water partition coefficient (Wildman–Crippen LogP) is 2.22. The molecule has 1 saturated carbocycles. The van der Waals surface area contributed by atoms with Crippen LogP contribution in [0.5, 0.6) is 0 Å². The first-order valence-electron chi connectivity index (χ1n) is 6.05. The van der Waals surface area contributed by atoms with Crippen LogP contribution in [0.15, 0.2) is 5.16 Å². The van der Waals surface area contributed by atoms with E-state index in [1.165, 1.54) is 0 Å². The lowest BCUT2D eigenvalue weighted by Crippen LogP contribution is -2.30.